The minimum absolute atomic E-state index is 0.00413. The molecule has 0 unspecified atom stereocenters. The van der Waals surface area contributed by atoms with E-state index < -0.39 is 23.5 Å². The molecule has 0 aliphatic heterocycles. The number of aromatic nitrogens is 1. The number of ether oxygens (including phenoxy) is 1. The third-order valence-electron chi connectivity index (χ3n) is 4.71. The summed E-state index contributed by atoms with van der Waals surface area (Å²) in [6.45, 7) is -0.00413. The predicted octanol–water partition coefficient (Wildman–Crippen LogP) is 7.00. The molecule has 3 aromatic carbocycles. The molecule has 4 aromatic rings. The van der Waals surface area contributed by atoms with E-state index in [1.807, 2.05) is 0 Å². The Kier molecular flexibility index (Phi) is 4.80. The SMILES string of the molecule is FC(F)(F)c1ccc2cc(COc3ccccn3)c3ccc(C(F)(F)F)cc3c2c1. The highest BCUT2D eigenvalue weighted by Gasteiger charge is 2.32. The zero-order valence-corrected chi connectivity index (χ0v) is 15.2. The number of halogens is 6. The fourth-order valence-electron chi connectivity index (χ4n) is 3.28. The monoisotopic (exact) mass is 421 g/mol. The van der Waals surface area contributed by atoms with Crippen LogP contribution >= 0.6 is 0 Å². The average molecular weight is 421 g/mol. The number of nitrogens with zero attached hydrogens (tertiary/aromatic N) is 1. The van der Waals surface area contributed by atoms with Gasteiger partial charge in [-0.1, -0.05) is 18.2 Å². The van der Waals surface area contributed by atoms with Crippen LogP contribution in [0.15, 0.2) is 66.9 Å². The van der Waals surface area contributed by atoms with E-state index in [0.29, 0.717) is 22.2 Å². The molecule has 0 atom stereocenters. The van der Waals surface area contributed by atoms with Gasteiger partial charge in [-0.3, -0.25) is 0 Å². The lowest BCUT2D eigenvalue weighted by molar-refractivity contribution is -0.138. The van der Waals surface area contributed by atoms with Crippen molar-refractivity contribution in [3.8, 4) is 5.88 Å². The highest BCUT2D eigenvalue weighted by molar-refractivity contribution is 6.09. The van der Waals surface area contributed by atoms with Crippen molar-refractivity contribution in [2.45, 2.75) is 19.0 Å². The predicted molar refractivity (Wildman–Crippen MR) is 100 cm³/mol. The summed E-state index contributed by atoms with van der Waals surface area (Å²) in [4.78, 5) is 4.03. The minimum Gasteiger partial charge on any atom is -0.473 e. The first-order valence-corrected chi connectivity index (χ1v) is 8.80. The van der Waals surface area contributed by atoms with Crippen molar-refractivity contribution in [1.29, 1.82) is 0 Å². The van der Waals surface area contributed by atoms with Gasteiger partial charge in [0.05, 0.1) is 11.1 Å². The largest absolute Gasteiger partial charge is 0.473 e. The molecule has 30 heavy (non-hydrogen) atoms. The molecule has 0 saturated carbocycles. The Morgan fingerprint density at radius 2 is 1.37 bits per heavy atom. The van der Waals surface area contributed by atoms with Crippen molar-refractivity contribution in [2.75, 3.05) is 0 Å². The van der Waals surface area contributed by atoms with Gasteiger partial charge in [-0.15, -0.1) is 0 Å². The molecule has 0 saturated heterocycles. The van der Waals surface area contributed by atoms with E-state index in [1.165, 1.54) is 18.3 Å². The Morgan fingerprint density at radius 1 is 0.700 bits per heavy atom. The summed E-state index contributed by atoms with van der Waals surface area (Å²) in [7, 11) is 0. The number of fused-ring (bicyclic) bond motifs is 3. The molecule has 0 aliphatic carbocycles. The van der Waals surface area contributed by atoms with Gasteiger partial charge >= 0.3 is 12.4 Å². The summed E-state index contributed by atoms with van der Waals surface area (Å²) in [5.74, 6) is 0.324. The van der Waals surface area contributed by atoms with Crippen LogP contribution in [0.5, 0.6) is 5.88 Å². The van der Waals surface area contributed by atoms with Gasteiger partial charge in [0.15, 0.2) is 0 Å². The lowest BCUT2D eigenvalue weighted by Crippen LogP contribution is -2.06. The van der Waals surface area contributed by atoms with Crippen LogP contribution < -0.4 is 4.74 Å². The first-order chi connectivity index (χ1) is 14.1. The van der Waals surface area contributed by atoms with Gasteiger partial charge in [0.25, 0.3) is 0 Å². The van der Waals surface area contributed by atoms with Crippen molar-refractivity contribution >= 4 is 21.5 Å². The molecular weight excluding hydrogens is 408 g/mol. The Balaban J connectivity index is 1.91. The normalized spacial score (nSPS) is 12.5. The maximum Gasteiger partial charge on any atom is 0.416 e. The van der Waals surface area contributed by atoms with Gasteiger partial charge in [0, 0.05) is 12.3 Å². The van der Waals surface area contributed by atoms with Gasteiger partial charge in [0.2, 0.25) is 5.88 Å². The van der Waals surface area contributed by atoms with Crippen LogP contribution in [0, 0.1) is 0 Å². The zero-order chi connectivity index (χ0) is 21.5. The molecule has 0 radical (unpaired) electrons. The molecule has 1 heterocycles. The number of alkyl halides is 6. The number of hydrogen-bond donors (Lipinski definition) is 0. The second-order valence-corrected chi connectivity index (χ2v) is 6.68. The molecule has 0 N–H and O–H groups in total. The van der Waals surface area contributed by atoms with Crippen LogP contribution in [0.1, 0.15) is 16.7 Å². The van der Waals surface area contributed by atoms with Gasteiger partial charge < -0.3 is 4.74 Å². The smallest absolute Gasteiger partial charge is 0.416 e. The fraction of sp³-hybridized carbons (Fsp3) is 0.136. The van der Waals surface area contributed by atoms with E-state index in [-0.39, 0.29) is 17.4 Å². The summed E-state index contributed by atoms with van der Waals surface area (Å²) in [6, 6.07) is 12.7. The number of hydrogen-bond acceptors (Lipinski definition) is 2. The van der Waals surface area contributed by atoms with E-state index in [1.54, 1.807) is 24.3 Å². The lowest BCUT2D eigenvalue weighted by atomic mass is 9.94. The topological polar surface area (TPSA) is 22.1 Å². The van der Waals surface area contributed by atoms with Crippen LogP contribution in [0.25, 0.3) is 21.5 Å². The van der Waals surface area contributed by atoms with Crippen LogP contribution in [-0.4, -0.2) is 4.98 Å². The third-order valence-corrected chi connectivity index (χ3v) is 4.71. The van der Waals surface area contributed by atoms with E-state index in [9.17, 15) is 26.3 Å². The molecule has 1 aromatic heterocycles. The molecule has 0 amide bonds. The van der Waals surface area contributed by atoms with Gasteiger partial charge in [-0.05, 0) is 63.5 Å². The summed E-state index contributed by atoms with van der Waals surface area (Å²) < 4.78 is 84.8. The summed E-state index contributed by atoms with van der Waals surface area (Å²) in [5, 5.41) is 0.931. The Labute approximate surface area is 166 Å². The van der Waals surface area contributed by atoms with E-state index in [2.05, 4.69) is 4.98 Å². The standard InChI is InChI=1S/C22H13F6NO/c23-21(24,25)15-5-4-13-9-14(12-30-20-3-1-2-8-29-20)17-7-6-16(22(26,27)28)11-19(17)18(13)10-15/h1-11H,12H2. The lowest BCUT2D eigenvalue weighted by Gasteiger charge is -2.15. The summed E-state index contributed by atoms with van der Waals surface area (Å²) in [5.41, 5.74) is -1.32. The quantitative estimate of drug-likeness (QED) is 0.262. The van der Waals surface area contributed by atoms with Crippen molar-refractivity contribution in [3.05, 3.63) is 83.6 Å². The van der Waals surface area contributed by atoms with Crippen LogP contribution in [0.3, 0.4) is 0 Å². The molecule has 8 heteroatoms. The molecule has 0 spiro atoms. The summed E-state index contributed by atoms with van der Waals surface area (Å²) in [6.07, 6.45) is -7.70. The Morgan fingerprint density at radius 3 is 2.00 bits per heavy atom. The molecule has 0 aliphatic rings. The first-order valence-electron chi connectivity index (χ1n) is 8.80. The Bertz CT molecular complexity index is 1220. The first kappa shape index (κ1) is 20.0. The van der Waals surface area contributed by atoms with Crippen molar-refractivity contribution < 1.29 is 31.1 Å². The number of benzene rings is 3. The van der Waals surface area contributed by atoms with Crippen LogP contribution in [0.4, 0.5) is 26.3 Å². The zero-order valence-electron chi connectivity index (χ0n) is 15.2. The van der Waals surface area contributed by atoms with E-state index in [4.69, 9.17) is 4.74 Å². The van der Waals surface area contributed by atoms with E-state index >= 15 is 0 Å². The molecule has 154 valence electrons. The molecule has 2 nitrogen and oxygen atoms in total. The van der Waals surface area contributed by atoms with Crippen molar-refractivity contribution in [1.82, 2.24) is 4.98 Å². The van der Waals surface area contributed by atoms with E-state index in [0.717, 1.165) is 24.3 Å². The van der Waals surface area contributed by atoms with Gasteiger partial charge in [0.1, 0.15) is 6.61 Å². The highest BCUT2D eigenvalue weighted by atomic mass is 19.4. The summed E-state index contributed by atoms with van der Waals surface area (Å²) >= 11 is 0. The molecule has 4 rings (SSSR count). The van der Waals surface area contributed by atoms with Gasteiger partial charge in [-0.2, -0.15) is 26.3 Å². The van der Waals surface area contributed by atoms with Crippen LogP contribution in [-0.2, 0) is 19.0 Å². The second kappa shape index (κ2) is 7.19. The second-order valence-electron chi connectivity index (χ2n) is 6.68. The molecule has 0 bridgehead atoms. The molecule has 0 fully saturated rings. The maximum absolute atomic E-state index is 13.2. The van der Waals surface area contributed by atoms with Crippen molar-refractivity contribution in [2.24, 2.45) is 0 Å². The number of pyridine rings is 1. The van der Waals surface area contributed by atoms with Crippen molar-refractivity contribution in [3.63, 3.8) is 0 Å². The highest BCUT2D eigenvalue weighted by Crippen LogP contribution is 2.38. The maximum atomic E-state index is 13.2. The van der Waals surface area contributed by atoms with Crippen LogP contribution in [0.2, 0.25) is 0 Å². The van der Waals surface area contributed by atoms with Gasteiger partial charge in [-0.25, -0.2) is 4.98 Å². The minimum atomic E-state index is -4.62. The number of rotatable bonds is 3. The Hall–Kier alpha value is -3.29. The fourth-order valence-corrected chi connectivity index (χ4v) is 3.28. The third kappa shape index (κ3) is 3.90. The average Bonchev–Trinajstić information content (AvgIpc) is 2.70. The molecular formula is C22H13F6NO.